The second kappa shape index (κ2) is 8.31. The highest BCUT2D eigenvalue weighted by Gasteiger charge is 2.06. The molecule has 0 radical (unpaired) electrons. The standard InChI is InChI=1S/C21H19FN2O3/c1-14-3-9-19(15(2)11-14)26-13-21(25)24-23-12-18-8-10-20(27-18)16-4-6-17(22)7-5-16/h3-12H,13H2,1-2H3,(H,24,25)/b23-12+. The Morgan fingerprint density at radius 3 is 2.67 bits per heavy atom. The lowest BCUT2D eigenvalue weighted by Gasteiger charge is -2.08. The average molecular weight is 366 g/mol. The summed E-state index contributed by atoms with van der Waals surface area (Å²) in [6.07, 6.45) is 1.39. The van der Waals surface area contributed by atoms with E-state index in [4.69, 9.17) is 9.15 Å². The molecule has 0 aliphatic rings. The lowest BCUT2D eigenvalue weighted by molar-refractivity contribution is -0.123. The molecule has 138 valence electrons. The van der Waals surface area contributed by atoms with Crippen LogP contribution in [0.2, 0.25) is 0 Å². The molecule has 3 aromatic rings. The van der Waals surface area contributed by atoms with Crippen LogP contribution < -0.4 is 10.2 Å². The maximum Gasteiger partial charge on any atom is 0.277 e. The van der Waals surface area contributed by atoms with Crippen LogP contribution in [0.3, 0.4) is 0 Å². The molecule has 0 saturated carbocycles. The Morgan fingerprint density at radius 2 is 1.93 bits per heavy atom. The predicted octanol–water partition coefficient (Wildman–Crippen LogP) is 4.23. The topological polar surface area (TPSA) is 63.8 Å². The highest BCUT2D eigenvalue weighted by Crippen LogP contribution is 2.21. The zero-order chi connectivity index (χ0) is 19.2. The SMILES string of the molecule is Cc1ccc(OCC(=O)N/N=C/c2ccc(-c3ccc(F)cc3)o2)c(C)c1. The molecule has 1 amide bonds. The van der Waals surface area contributed by atoms with Crippen molar-refractivity contribution in [1.29, 1.82) is 0 Å². The molecule has 1 N–H and O–H groups in total. The first kappa shape index (κ1) is 18.4. The summed E-state index contributed by atoms with van der Waals surface area (Å²) in [5.41, 5.74) is 5.24. The highest BCUT2D eigenvalue weighted by atomic mass is 19.1. The summed E-state index contributed by atoms with van der Waals surface area (Å²) < 4.78 is 24.0. The summed E-state index contributed by atoms with van der Waals surface area (Å²) in [5, 5.41) is 3.85. The Morgan fingerprint density at radius 1 is 1.15 bits per heavy atom. The Hall–Kier alpha value is -3.41. The first-order chi connectivity index (χ1) is 13.0. The number of nitrogens with zero attached hydrogens (tertiary/aromatic N) is 1. The smallest absolute Gasteiger partial charge is 0.277 e. The lowest BCUT2D eigenvalue weighted by Crippen LogP contribution is -2.24. The molecule has 1 aromatic heterocycles. The summed E-state index contributed by atoms with van der Waals surface area (Å²) in [6, 6.07) is 15.2. The maximum absolute atomic E-state index is 13.0. The van der Waals surface area contributed by atoms with E-state index in [2.05, 4.69) is 10.5 Å². The summed E-state index contributed by atoms with van der Waals surface area (Å²) in [5.74, 6) is 1.02. The largest absolute Gasteiger partial charge is 0.483 e. The first-order valence-corrected chi connectivity index (χ1v) is 8.39. The van der Waals surface area contributed by atoms with Gasteiger partial charge in [0.15, 0.2) is 6.61 Å². The molecule has 0 spiro atoms. The lowest BCUT2D eigenvalue weighted by atomic mass is 10.1. The number of ether oxygens (including phenoxy) is 1. The third-order valence-electron chi connectivity index (χ3n) is 3.83. The number of carbonyl (C=O) groups excluding carboxylic acids is 1. The Labute approximate surface area is 156 Å². The summed E-state index contributed by atoms with van der Waals surface area (Å²) >= 11 is 0. The number of rotatable bonds is 6. The highest BCUT2D eigenvalue weighted by molar-refractivity contribution is 5.81. The van der Waals surface area contributed by atoms with E-state index < -0.39 is 0 Å². The molecule has 2 aromatic carbocycles. The van der Waals surface area contributed by atoms with Crippen molar-refractivity contribution in [2.45, 2.75) is 13.8 Å². The molecule has 0 saturated heterocycles. The van der Waals surface area contributed by atoms with Gasteiger partial charge in [0.05, 0.1) is 6.21 Å². The molecular formula is C21H19FN2O3. The fraction of sp³-hybridized carbons (Fsp3) is 0.143. The van der Waals surface area contributed by atoms with E-state index in [1.54, 1.807) is 24.3 Å². The number of aryl methyl sites for hydroxylation is 2. The van der Waals surface area contributed by atoms with Crippen LogP contribution in [0, 0.1) is 19.7 Å². The quantitative estimate of drug-likeness (QED) is 0.524. The molecule has 0 atom stereocenters. The minimum atomic E-state index is -0.378. The van der Waals surface area contributed by atoms with Crippen LogP contribution in [-0.4, -0.2) is 18.7 Å². The maximum atomic E-state index is 13.0. The second-order valence-electron chi connectivity index (χ2n) is 6.06. The average Bonchev–Trinajstić information content (AvgIpc) is 3.10. The molecule has 0 aliphatic carbocycles. The van der Waals surface area contributed by atoms with Gasteiger partial charge < -0.3 is 9.15 Å². The zero-order valence-corrected chi connectivity index (χ0v) is 15.0. The van der Waals surface area contributed by atoms with Gasteiger partial charge in [0.2, 0.25) is 0 Å². The van der Waals surface area contributed by atoms with Crippen LogP contribution in [0.1, 0.15) is 16.9 Å². The number of hydrogen-bond donors (Lipinski definition) is 1. The van der Waals surface area contributed by atoms with Crippen molar-refractivity contribution >= 4 is 12.1 Å². The third-order valence-corrected chi connectivity index (χ3v) is 3.83. The van der Waals surface area contributed by atoms with Crippen molar-refractivity contribution in [1.82, 2.24) is 5.43 Å². The molecule has 5 nitrogen and oxygen atoms in total. The van der Waals surface area contributed by atoms with Gasteiger partial charge in [-0.05, 0) is 61.9 Å². The number of hydrogen-bond acceptors (Lipinski definition) is 4. The Kier molecular flexibility index (Phi) is 5.66. The van der Waals surface area contributed by atoms with Gasteiger partial charge in [0, 0.05) is 5.56 Å². The van der Waals surface area contributed by atoms with Crippen molar-refractivity contribution < 1.29 is 18.3 Å². The molecular weight excluding hydrogens is 347 g/mol. The number of hydrazone groups is 1. The fourth-order valence-electron chi connectivity index (χ4n) is 2.50. The molecule has 0 unspecified atom stereocenters. The first-order valence-electron chi connectivity index (χ1n) is 8.39. The predicted molar refractivity (Wildman–Crippen MR) is 101 cm³/mol. The summed E-state index contributed by atoms with van der Waals surface area (Å²) in [4.78, 5) is 11.8. The van der Waals surface area contributed by atoms with E-state index in [9.17, 15) is 9.18 Å². The molecule has 3 rings (SSSR count). The van der Waals surface area contributed by atoms with Crippen LogP contribution >= 0.6 is 0 Å². The molecule has 1 heterocycles. The van der Waals surface area contributed by atoms with Gasteiger partial charge in [-0.15, -0.1) is 0 Å². The normalized spacial score (nSPS) is 10.9. The van der Waals surface area contributed by atoms with E-state index in [0.29, 0.717) is 17.3 Å². The van der Waals surface area contributed by atoms with Crippen LogP contribution in [0.15, 0.2) is 64.1 Å². The third kappa shape index (κ3) is 5.04. The number of amides is 1. The van der Waals surface area contributed by atoms with Crippen LogP contribution in [0.5, 0.6) is 5.75 Å². The molecule has 0 bridgehead atoms. The van der Waals surface area contributed by atoms with Crippen LogP contribution in [0.25, 0.3) is 11.3 Å². The number of halogens is 1. The Bertz CT molecular complexity index is 962. The van der Waals surface area contributed by atoms with Gasteiger partial charge in [0.1, 0.15) is 23.1 Å². The van der Waals surface area contributed by atoms with Gasteiger partial charge in [0.25, 0.3) is 5.91 Å². The number of furan rings is 1. The van der Waals surface area contributed by atoms with Gasteiger partial charge in [-0.3, -0.25) is 4.79 Å². The van der Waals surface area contributed by atoms with E-state index in [1.807, 2.05) is 32.0 Å². The van der Waals surface area contributed by atoms with Crippen molar-refractivity contribution in [2.75, 3.05) is 6.61 Å². The molecule has 27 heavy (non-hydrogen) atoms. The van der Waals surface area contributed by atoms with Gasteiger partial charge >= 0.3 is 0 Å². The van der Waals surface area contributed by atoms with E-state index in [1.165, 1.54) is 18.3 Å². The van der Waals surface area contributed by atoms with E-state index >= 15 is 0 Å². The van der Waals surface area contributed by atoms with Gasteiger partial charge in [-0.25, -0.2) is 9.82 Å². The fourth-order valence-corrected chi connectivity index (χ4v) is 2.50. The van der Waals surface area contributed by atoms with Crippen molar-refractivity contribution in [2.24, 2.45) is 5.10 Å². The van der Waals surface area contributed by atoms with Crippen LogP contribution in [0.4, 0.5) is 4.39 Å². The summed E-state index contributed by atoms with van der Waals surface area (Å²) in [7, 11) is 0. The second-order valence-corrected chi connectivity index (χ2v) is 6.06. The molecule has 6 heteroatoms. The monoisotopic (exact) mass is 366 g/mol. The number of benzene rings is 2. The zero-order valence-electron chi connectivity index (χ0n) is 15.0. The van der Waals surface area contributed by atoms with Crippen LogP contribution in [-0.2, 0) is 4.79 Å². The van der Waals surface area contributed by atoms with Crippen molar-refractivity contribution in [3.63, 3.8) is 0 Å². The van der Waals surface area contributed by atoms with Crippen molar-refractivity contribution in [3.8, 4) is 17.1 Å². The number of nitrogens with one attached hydrogen (secondary N) is 1. The molecule has 0 fully saturated rings. The van der Waals surface area contributed by atoms with Gasteiger partial charge in [-0.1, -0.05) is 17.7 Å². The minimum absolute atomic E-state index is 0.139. The summed E-state index contributed by atoms with van der Waals surface area (Å²) in [6.45, 7) is 3.78. The van der Waals surface area contributed by atoms with E-state index in [0.717, 1.165) is 16.7 Å². The Balaban J connectivity index is 1.51. The number of carbonyl (C=O) groups is 1. The van der Waals surface area contributed by atoms with Crippen molar-refractivity contribution in [3.05, 3.63) is 77.3 Å². The minimum Gasteiger partial charge on any atom is -0.483 e. The van der Waals surface area contributed by atoms with Gasteiger partial charge in [-0.2, -0.15) is 5.10 Å². The molecule has 0 aliphatic heterocycles. The van der Waals surface area contributed by atoms with E-state index in [-0.39, 0.29) is 18.3 Å².